The third kappa shape index (κ3) is 3.45. The molecule has 0 spiro atoms. The molecule has 1 N–H and O–H groups in total. The SMILES string of the molecule is Cc1ccc(C2=C(Nc3cccc4ccccc34)C(=O)N(c3cccc(Cl)c3)C2=O)cc1. The lowest BCUT2D eigenvalue weighted by Crippen LogP contribution is -2.32. The van der Waals surface area contributed by atoms with Crippen LogP contribution in [0.4, 0.5) is 11.4 Å². The Kier molecular flexibility index (Phi) is 5.00. The van der Waals surface area contributed by atoms with Gasteiger partial charge in [0.15, 0.2) is 0 Å². The van der Waals surface area contributed by atoms with Gasteiger partial charge in [-0.05, 0) is 42.1 Å². The Hall–Kier alpha value is -3.89. The lowest BCUT2D eigenvalue weighted by atomic mass is 10.0. The van der Waals surface area contributed by atoms with Crippen LogP contribution in [-0.2, 0) is 9.59 Å². The zero-order valence-corrected chi connectivity index (χ0v) is 18.1. The Morgan fingerprint density at radius 1 is 0.781 bits per heavy atom. The summed E-state index contributed by atoms with van der Waals surface area (Å²) in [6.45, 7) is 1.98. The van der Waals surface area contributed by atoms with Gasteiger partial charge in [-0.25, -0.2) is 4.90 Å². The molecule has 1 aliphatic rings. The molecule has 4 nitrogen and oxygen atoms in total. The summed E-state index contributed by atoms with van der Waals surface area (Å²) in [7, 11) is 0. The number of carbonyl (C=O) groups excluding carboxylic acids is 2. The van der Waals surface area contributed by atoms with E-state index in [0.717, 1.165) is 22.0 Å². The lowest BCUT2D eigenvalue weighted by Gasteiger charge is -2.16. The molecule has 4 aromatic carbocycles. The molecule has 5 heteroatoms. The van der Waals surface area contributed by atoms with Crippen molar-refractivity contribution in [2.45, 2.75) is 6.92 Å². The normalized spacial score (nSPS) is 13.9. The monoisotopic (exact) mass is 438 g/mol. The molecule has 0 bridgehead atoms. The Morgan fingerprint density at radius 2 is 1.50 bits per heavy atom. The molecule has 0 aromatic heterocycles. The molecule has 0 unspecified atom stereocenters. The minimum Gasteiger partial charge on any atom is -0.350 e. The van der Waals surface area contributed by atoms with Gasteiger partial charge in [-0.3, -0.25) is 9.59 Å². The first kappa shape index (κ1) is 20.0. The smallest absolute Gasteiger partial charge is 0.282 e. The number of amides is 2. The molecular weight excluding hydrogens is 420 g/mol. The van der Waals surface area contributed by atoms with E-state index in [1.807, 2.05) is 73.7 Å². The highest BCUT2D eigenvalue weighted by atomic mass is 35.5. The predicted octanol–water partition coefficient (Wildman–Crippen LogP) is 6.20. The molecule has 0 fully saturated rings. The van der Waals surface area contributed by atoms with Crippen LogP contribution in [0.15, 0.2) is 96.7 Å². The molecule has 0 saturated carbocycles. The summed E-state index contributed by atoms with van der Waals surface area (Å²) in [5, 5.41) is 5.74. The third-order valence-corrected chi connectivity index (χ3v) is 5.77. The molecule has 0 saturated heterocycles. The number of anilines is 2. The zero-order valence-electron chi connectivity index (χ0n) is 17.3. The maximum atomic E-state index is 13.6. The van der Waals surface area contributed by atoms with Crippen LogP contribution >= 0.6 is 11.6 Å². The van der Waals surface area contributed by atoms with Crippen LogP contribution in [0.5, 0.6) is 0 Å². The lowest BCUT2D eigenvalue weighted by molar-refractivity contribution is -0.120. The highest BCUT2D eigenvalue weighted by molar-refractivity contribution is 6.46. The van der Waals surface area contributed by atoms with E-state index in [4.69, 9.17) is 11.6 Å². The molecule has 32 heavy (non-hydrogen) atoms. The second-order valence-electron chi connectivity index (χ2n) is 7.69. The minimum atomic E-state index is -0.416. The first-order chi connectivity index (χ1) is 15.5. The quantitative estimate of drug-likeness (QED) is 0.386. The van der Waals surface area contributed by atoms with Crippen LogP contribution < -0.4 is 10.2 Å². The summed E-state index contributed by atoms with van der Waals surface area (Å²) in [5.41, 5.74) is 3.53. The van der Waals surface area contributed by atoms with Crippen LogP contribution in [0, 0.1) is 6.92 Å². The second-order valence-corrected chi connectivity index (χ2v) is 8.13. The van der Waals surface area contributed by atoms with Gasteiger partial charge >= 0.3 is 0 Å². The van der Waals surface area contributed by atoms with Crippen LogP contribution in [0.25, 0.3) is 16.3 Å². The average molecular weight is 439 g/mol. The summed E-state index contributed by atoms with van der Waals surface area (Å²) in [5.74, 6) is -0.801. The standard InChI is InChI=1S/C27H19ClN2O2/c1-17-12-14-19(15-13-17)24-25(29-23-11-4-7-18-6-2-3-10-22(18)23)27(32)30(26(24)31)21-9-5-8-20(28)16-21/h2-16,29H,1H3. The molecule has 1 aliphatic heterocycles. The molecule has 0 atom stereocenters. The first-order valence-electron chi connectivity index (χ1n) is 10.2. The predicted molar refractivity (Wildman–Crippen MR) is 130 cm³/mol. The van der Waals surface area contributed by atoms with Crippen molar-refractivity contribution in [3.8, 4) is 0 Å². The van der Waals surface area contributed by atoms with Gasteiger partial charge in [-0.15, -0.1) is 0 Å². The van der Waals surface area contributed by atoms with Crippen LogP contribution in [0.3, 0.4) is 0 Å². The number of fused-ring (bicyclic) bond motifs is 1. The van der Waals surface area contributed by atoms with Gasteiger partial charge in [0.05, 0.1) is 11.3 Å². The number of halogens is 1. The van der Waals surface area contributed by atoms with Gasteiger partial charge in [0.25, 0.3) is 11.8 Å². The molecule has 5 rings (SSSR count). The topological polar surface area (TPSA) is 49.4 Å². The summed E-state index contributed by atoms with van der Waals surface area (Å²) >= 11 is 6.14. The Labute approximate surface area is 190 Å². The van der Waals surface area contributed by atoms with E-state index < -0.39 is 5.91 Å². The molecular formula is C27H19ClN2O2. The van der Waals surface area contributed by atoms with Crippen molar-refractivity contribution in [1.82, 2.24) is 0 Å². The van der Waals surface area contributed by atoms with Crippen LogP contribution in [0.2, 0.25) is 5.02 Å². The van der Waals surface area contributed by atoms with Crippen molar-refractivity contribution in [3.63, 3.8) is 0 Å². The fourth-order valence-corrected chi connectivity index (χ4v) is 4.14. The van der Waals surface area contributed by atoms with Crippen LogP contribution in [-0.4, -0.2) is 11.8 Å². The van der Waals surface area contributed by atoms with Gasteiger partial charge in [-0.1, -0.05) is 83.9 Å². The number of rotatable bonds is 4. The molecule has 4 aromatic rings. The van der Waals surface area contributed by atoms with Crippen molar-refractivity contribution in [2.75, 3.05) is 10.2 Å². The maximum absolute atomic E-state index is 13.6. The molecule has 1 heterocycles. The van der Waals surface area contributed by atoms with Crippen molar-refractivity contribution >= 4 is 51.1 Å². The number of hydrogen-bond donors (Lipinski definition) is 1. The summed E-state index contributed by atoms with van der Waals surface area (Å²) in [4.78, 5) is 28.3. The number of benzene rings is 4. The van der Waals surface area contributed by atoms with Gasteiger partial charge in [-0.2, -0.15) is 0 Å². The van der Waals surface area contributed by atoms with E-state index >= 15 is 0 Å². The number of imide groups is 1. The Morgan fingerprint density at radius 3 is 2.28 bits per heavy atom. The van der Waals surface area contributed by atoms with Gasteiger partial charge in [0.2, 0.25) is 0 Å². The van der Waals surface area contributed by atoms with Gasteiger partial charge in [0, 0.05) is 16.1 Å². The van der Waals surface area contributed by atoms with E-state index in [9.17, 15) is 9.59 Å². The van der Waals surface area contributed by atoms with E-state index in [1.54, 1.807) is 24.3 Å². The van der Waals surface area contributed by atoms with Gasteiger partial charge < -0.3 is 5.32 Å². The third-order valence-electron chi connectivity index (χ3n) is 5.54. The fraction of sp³-hybridized carbons (Fsp3) is 0.0370. The number of carbonyl (C=O) groups is 2. The van der Waals surface area contributed by atoms with Crippen molar-refractivity contribution in [2.24, 2.45) is 0 Å². The first-order valence-corrected chi connectivity index (χ1v) is 10.6. The fourth-order valence-electron chi connectivity index (χ4n) is 3.95. The number of aryl methyl sites for hydroxylation is 1. The average Bonchev–Trinajstić information content (AvgIpc) is 3.04. The second kappa shape index (κ2) is 7.98. The largest absolute Gasteiger partial charge is 0.350 e. The highest BCUT2D eigenvalue weighted by Gasteiger charge is 2.40. The van der Waals surface area contributed by atoms with E-state index in [0.29, 0.717) is 21.8 Å². The van der Waals surface area contributed by atoms with E-state index in [2.05, 4.69) is 5.32 Å². The van der Waals surface area contributed by atoms with Gasteiger partial charge in [0.1, 0.15) is 5.70 Å². The maximum Gasteiger partial charge on any atom is 0.282 e. The zero-order chi connectivity index (χ0) is 22.2. The number of nitrogens with one attached hydrogen (secondary N) is 1. The summed E-state index contributed by atoms with van der Waals surface area (Å²) in [6.07, 6.45) is 0. The van der Waals surface area contributed by atoms with Crippen molar-refractivity contribution in [1.29, 1.82) is 0 Å². The number of hydrogen-bond acceptors (Lipinski definition) is 3. The van der Waals surface area contributed by atoms with Crippen molar-refractivity contribution < 1.29 is 9.59 Å². The van der Waals surface area contributed by atoms with E-state index in [1.165, 1.54) is 4.90 Å². The molecule has 0 aliphatic carbocycles. The van der Waals surface area contributed by atoms with Crippen molar-refractivity contribution in [3.05, 3.63) is 113 Å². The Balaban J connectivity index is 1.66. The number of nitrogens with zero attached hydrogens (tertiary/aromatic N) is 1. The van der Waals surface area contributed by atoms with E-state index in [-0.39, 0.29) is 11.6 Å². The molecule has 0 radical (unpaired) electrons. The highest BCUT2D eigenvalue weighted by Crippen LogP contribution is 2.35. The van der Waals surface area contributed by atoms with Crippen LogP contribution in [0.1, 0.15) is 11.1 Å². The summed E-state index contributed by atoms with van der Waals surface area (Å²) in [6, 6.07) is 28.1. The molecule has 2 amide bonds. The molecule has 156 valence electrons. The summed E-state index contributed by atoms with van der Waals surface area (Å²) < 4.78 is 0. The minimum absolute atomic E-state index is 0.246. The Bertz CT molecular complexity index is 1400.